The third-order valence-corrected chi connectivity index (χ3v) is 6.51. The van der Waals surface area contributed by atoms with Crippen LogP contribution in [0.4, 0.5) is 5.69 Å². The molecule has 0 radical (unpaired) electrons. The maximum atomic E-state index is 12.6. The van der Waals surface area contributed by atoms with E-state index in [1.54, 1.807) is 37.4 Å². The average molecular weight is 403 g/mol. The quantitative estimate of drug-likeness (QED) is 0.586. The first-order chi connectivity index (χ1) is 13.5. The molecule has 1 N–H and O–H groups in total. The van der Waals surface area contributed by atoms with Crippen molar-refractivity contribution < 1.29 is 17.6 Å². The minimum absolute atomic E-state index is 0.00293. The Kier molecular flexibility index (Phi) is 6.70. The van der Waals surface area contributed by atoms with Crippen molar-refractivity contribution in [2.45, 2.75) is 49.5 Å². The summed E-state index contributed by atoms with van der Waals surface area (Å²) in [6, 6.07) is 9.85. The van der Waals surface area contributed by atoms with E-state index in [1.165, 1.54) is 42.2 Å². The smallest absolute Gasteiger partial charge is 0.250 e. The SMILES string of the molecule is CN(C(=O)/C=C/c1ccco1)c1ccc(S(=O)(=O)NC2CCCCCC2)cc1. The summed E-state index contributed by atoms with van der Waals surface area (Å²) >= 11 is 0. The Balaban J connectivity index is 1.65. The van der Waals surface area contributed by atoms with Gasteiger partial charge in [0, 0.05) is 24.9 Å². The molecular weight excluding hydrogens is 376 g/mol. The molecule has 6 nitrogen and oxygen atoms in total. The molecule has 0 atom stereocenters. The Hall–Kier alpha value is -2.38. The van der Waals surface area contributed by atoms with Crippen molar-refractivity contribution in [1.29, 1.82) is 0 Å². The van der Waals surface area contributed by atoms with Crippen molar-refractivity contribution in [3.63, 3.8) is 0 Å². The van der Waals surface area contributed by atoms with Crippen LogP contribution in [-0.4, -0.2) is 27.4 Å². The van der Waals surface area contributed by atoms with E-state index in [2.05, 4.69) is 4.72 Å². The van der Waals surface area contributed by atoms with Crippen molar-refractivity contribution in [2.75, 3.05) is 11.9 Å². The Labute approximate surface area is 166 Å². The number of furan rings is 1. The van der Waals surface area contributed by atoms with Crippen LogP contribution >= 0.6 is 0 Å². The number of amides is 1. The van der Waals surface area contributed by atoms with Crippen LogP contribution in [0.1, 0.15) is 44.3 Å². The zero-order valence-electron chi connectivity index (χ0n) is 16.0. The second-order valence-corrected chi connectivity index (χ2v) is 8.76. The summed E-state index contributed by atoms with van der Waals surface area (Å²) in [6.07, 6.45) is 10.8. The van der Waals surface area contributed by atoms with Crippen LogP contribution in [0.2, 0.25) is 0 Å². The van der Waals surface area contributed by atoms with Gasteiger partial charge in [-0.25, -0.2) is 13.1 Å². The van der Waals surface area contributed by atoms with Crippen LogP contribution in [0.3, 0.4) is 0 Å². The second kappa shape index (κ2) is 9.21. The molecule has 0 aliphatic heterocycles. The highest BCUT2D eigenvalue weighted by atomic mass is 32.2. The summed E-state index contributed by atoms with van der Waals surface area (Å²) < 4.78 is 33.3. The van der Waals surface area contributed by atoms with E-state index in [0.29, 0.717) is 11.4 Å². The topological polar surface area (TPSA) is 79.6 Å². The monoisotopic (exact) mass is 402 g/mol. The van der Waals surface area contributed by atoms with Gasteiger partial charge in [0.2, 0.25) is 10.0 Å². The van der Waals surface area contributed by atoms with Gasteiger partial charge in [-0.3, -0.25) is 4.79 Å². The fourth-order valence-electron chi connectivity index (χ4n) is 3.31. The zero-order chi connectivity index (χ0) is 20.0. The highest BCUT2D eigenvalue weighted by Gasteiger charge is 2.21. The van der Waals surface area contributed by atoms with Crippen molar-refractivity contribution in [3.8, 4) is 0 Å². The molecule has 0 unspecified atom stereocenters. The van der Waals surface area contributed by atoms with Crippen LogP contribution in [0, 0.1) is 0 Å². The molecule has 1 heterocycles. The van der Waals surface area contributed by atoms with E-state index in [1.807, 2.05) is 0 Å². The summed E-state index contributed by atoms with van der Waals surface area (Å²) in [5.74, 6) is 0.358. The lowest BCUT2D eigenvalue weighted by Crippen LogP contribution is -2.34. The lowest BCUT2D eigenvalue weighted by atomic mass is 10.1. The standard InChI is InChI=1S/C21H26N2O4S/c1-23(21(24)15-12-19-9-6-16-27-19)18-10-13-20(14-11-18)28(25,26)22-17-7-4-2-3-5-8-17/h6,9-17,22H,2-5,7-8H2,1H3/b15-12+. The fraction of sp³-hybridized carbons (Fsp3) is 0.381. The summed E-state index contributed by atoms with van der Waals surface area (Å²) in [6.45, 7) is 0. The second-order valence-electron chi connectivity index (χ2n) is 7.05. The number of likely N-dealkylation sites (N-methyl/N-ethyl adjacent to an activating group) is 1. The van der Waals surface area contributed by atoms with E-state index in [9.17, 15) is 13.2 Å². The Bertz CT molecular complexity index is 894. The highest BCUT2D eigenvalue weighted by Crippen LogP contribution is 2.21. The number of nitrogens with zero attached hydrogens (tertiary/aromatic N) is 1. The van der Waals surface area contributed by atoms with Crippen LogP contribution in [-0.2, 0) is 14.8 Å². The van der Waals surface area contributed by atoms with Gasteiger partial charge in [-0.15, -0.1) is 0 Å². The minimum Gasteiger partial charge on any atom is -0.465 e. The van der Waals surface area contributed by atoms with Crippen LogP contribution in [0.15, 0.2) is 58.1 Å². The van der Waals surface area contributed by atoms with Gasteiger partial charge in [0.15, 0.2) is 0 Å². The largest absolute Gasteiger partial charge is 0.465 e. The molecule has 1 fully saturated rings. The van der Waals surface area contributed by atoms with E-state index >= 15 is 0 Å². The van der Waals surface area contributed by atoms with Gasteiger partial charge in [0.1, 0.15) is 5.76 Å². The third-order valence-electron chi connectivity index (χ3n) is 4.98. The molecule has 1 aliphatic rings. The molecule has 1 aliphatic carbocycles. The first kappa shape index (κ1) is 20.4. The number of sulfonamides is 1. The van der Waals surface area contributed by atoms with E-state index < -0.39 is 10.0 Å². The van der Waals surface area contributed by atoms with E-state index in [4.69, 9.17) is 4.42 Å². The summed E-state index contributed by atoms with van der Waals surface area (Å²) in [4.78, 5) is 14.0. The number of carbonyl (C=O) groups is 1. The van der Waals surface area contributed by atoms with Gasteiger partial charge in [-0.1, -0.05) is 25.7 Å². The Morgan fingerprint density at radius 3 is 2.39 bits per heavy atom. The van der Waals surface area contributed by atoms with Crippen LogP contribution in [0.25, 0.3) is 6.08 Å². The highest BCUT2D eigenvalue weighted by molar-refractivity contribution is 7.89. The molecular formula is C21H26N2O4S. The zero-order valence-corrected chi connectivity index (χ0v) is 16.8. The van der Waals surface area contributed by atoms with Crippen molar-refractivity contribution in [2.24, 2.45) is 0 Å². The molecule has 1 aromatic carbocycles. The van der Waals surface area contributed by atoms with Crippen molar-refractivity contribution in [3.05, 3.63) is 54.5 Å². The Morgan fingerprint density at radius 2 is 1.79 bits per heavy atom. The minimum atomic E-state index is -3.56. The van der Waals surface area contributed by atoms with Gasteiger partial charge in [0.25, 0.3) is 5.91 Å². The number of nitrogens with one attached hydrogen (secondary N) is 1. The molecule has 0 bridgehead atoms. The normalized spacial score (nSPS) is 16.2. The molecule has 150 valence electrons. The maximum Gasteiger partial charge on any atom is 0.250 e. The van der Waals surface area contributed by atoms with Crippen LogP contribution in [0.5, 0.6) is 0 Å². The number of benzene rings is 1. The van der Waals surface area contributed by atoms with Gasteiger partial charge in [0.05, 0.1) is 11.2 Å². The summed E-state index contributed by atoms with van der Waals surface area (Å²) in [5, 5.41) is 0. The van der Waals surface area contributed by atoms with Gasteiger partial charge >= 0.3 is 0 Å². The molecule has 28 heavy (non-hydrogen) atoms. The Morgan fingerprint density at radius 1 is 1.11 bits per heavy atom. The molecule has 1 amide bonds. The third kappa shape index (κ3) is 5.33. The first-order valence-corrected chi connectivity index (χ1v) is 11.1. The van der Waals surface area contributed by atoms with E-state index in [0.717, 1.165) is 25.7 Å². The number of rotatable bonds is 6. The van der Waals surface area contributed by atoms with Gasteiger partial charge in [-0.05, 0) is 55.3 Å². The van der Waals surface area contributed by atoms with Crippen molar-refractivity contribution >= 4 is 27.7 Å². The van der Waals surface area contributed by atoms with Crippen molar-refractivity contribution in [1.82, 2.24) is 4.72 Å². The average Bonchev–Trinajstić information content (AvgIpc) is 3.09. The number of hydrogen-bond acceptors (Lipinski definition) is 4. The lowest BCUT2D eigenvalue weighted by Gasteiger charge is -2.18. The molecule has 7 heteroatoms. The lowest BCUT2D eigenvalue weighted by molar-refractivity contribution is -0.113. The molecule has 1 aromatic heterocycles. The van der Waals surface area contributed by atoms with E-state index in [-0.39, 0.29) is 16.8 Å². The maximum absolute atomic E-state index is 12.6. The number of anilines is 1. The van der Waals surface area contributed by atoms with Gasteiger partial charge < -0.3 is 9.32 Å². The molecule has 3 rings (SSSR count). The molecule has 0 saturated heterocycles. The van der Waals surface area contributed by atoms with Crippen LogP contribution < -0.4 is 9.62 Å². The predicted octanol–water partition coefficient (Wildman–Crippen LogP) is 3.96. The summed E-state index contributed by atoms with van der Waals surface area (Å²) in [5.41, 5.74) is 0.613. The fourth-order valence-corrected chi connectivity index (χ4v) is 4.62. The number of hydrogen-bond donors (Lipinski definition) is 1. The predicted molar refractivity (Wildman–Crippen MR) is 109 cm³/mol. The summed E-state index contributed by atoms with van der Waals surface area (Å²) in [7, 11) is -1.92. The molecule has 0 spiro atoms. The number of carbonyl (C=O) groups excluding carboxylic acids is 1. The molecule has 2 aromatic rings. The molecule has 1 saturated carbocycles. The van der Waals surface area contributed by atoms with Gasteiger partial charge in [-0.2, -0.15) is 0 Å². The first-order valence-electron chi connectivity index (χ1n) is 9.57.